The number of imidazole rings is 2. The molecule has 0 aliphatic rings. The first-order valence-electron chi connectivity index (χ1n) is 14.2. The van der Waals surface area contributed by atoms with E-state index < -0.39 is 10.1 Å². The minimum Gasteiger partial charge on any atom is -0.744 e. The molecule has 43 heavy (non-hydrogen) atoms. The van der Waals surface area contributed by atoms with Gasteiger partial charge in [-0.05, 0) is 37.1 Å². The lowest BCUT2D eigenvalue weighted by atomic mass is 10.1. The van der Waals surface area contributed by atoms with Gasteiger partial charge < -0.3 is 4.55 Å². The first-order valence-corrected chi connectivity index (χ1v) is 15.6. The molecule has 0 aliphatic carbocycles. The normalized spacial score (nSPS) is 11.7. The van der Waals surface area contributed by atoms with Crippen molar-refractivity contribution in [2.24, 2.45) is 5.92 Å². The number of aryl methyl sites for hydroxylation is 1. The zero-order chi connectivity index (χ0) is 30.1. The summed E-state index contributed by atoms with van der Waals surface area (Å²) in [5.74, 6) is 0.518. The summed E-state index contributed by atoms with van der Waals surface area (Å²) in [6.07, 6.45) is 4.29. The zero-order valence-corrected chi connectivity index (χ0v) is 25.1. The molecule has 0 saturated heterocycles. The fraction of sp³-hybridized carbons (Fsp3) is 0.143. The molecule has 0 saturated carbocycles. The van der Waals surface area contributed by atoms with Crippen LogP contribution >= 0.6 is 0 Å². The van der Waals surface area contributed by atoms with Gasteiger partial charge in [0, 0.05) is 11.1 Å². The van der Waals surface area contributed by atoms with Crippen molar-refractivity contribution in [3.63, 3.8) is 0 Å². The molecule has 4 aromatic carbocycles. The first kappa shape index (κ1) is 28.3. The smallest absolute Gasteiger partial charge is 0.331 e. The molecule has 0 atom stereocenters. The van der Waals surface area contributed by atoms with Crippen LogP contribution in [-0.4, -0.2) is 26.8 Å². The molecule has 7 nitrogen and oxygen atoms in total. The maximum absolute atomic E-state index is 10.4. The van der Waals surface area contributed by atoms with Gasteiger partial charge in [0.25, 0.3) is 0 Å². The Bertz CT molecular complexity index is 2150. The van der Waals surface area contributed by atoms with E-state index in [1.54, 1.807) is 12.1 Å². The second kappa shape index (κ2) is 11.5. The molecule has 216 valence electrons. The third-order valence-corrected chi connectivity index (χ3v) is 8.19. The summed E-state index contributed by atoms with van der Waals surface area (Å²) in [4.78, 5) is 4.79. The predicted molar refractivity (Wildman–Crippen MR) is 169 cm³/mol. The van der Waals surface area contributed by atoms with Crippen molar-refractivity contribution in [2.75, 3.05) is 0 Å². The quantitative estimate of drug-likeness (QED) is 0.162. The van der Waals surface area contributed by atoms with Gasteiger partial charge in [-0.3, -0.25) is 4.40 Å². The van der Waals surface area contributed by atoms with Gasteiger partial charge in [0.2, 0.25) is 5.65 Å². The van der Waals surface area contributed by atoms with Crippen LogP contribution in [0.25, 0.3) is 44.8 Å². The Balaban J connectivity index is 0.000000254. The standard InChI is InChI=1S/C28H25N4.C7H8O3S/c1-20(2)18-30-19-26(22-13-7-4-8-14-22)32-24-16-10-9-15-23(24)31-25(17-29-27(31)28(30)32)21-11-5-3-6-12-21;1-6-2-4-7(5-3-6)11(8,9)10/h3-17,19-20H,18H2,1-2H3;2-5H,1H3,(H,8,9,10)/q+1;/p-1. The van der Waals surface area contributed by atoms with Crippen molar-refractivity contribution in [3.8, 4) is 22.5 Å². The summed E-state index contributed by atoms with van der Waals surface area (Å²) in [6, 6.07) is 35.6. The van der Waals surface area contributed by atoms with Crippen LogP contribution in [-0.2, 0) is 16.7 Å². The van der Waals surface area contributed by atoms with Crippen molar-refractivity contribution in [2.45, 2.75) is 32.2 Å². The number of nitrogens with zero attached hydrogens (tertiary/aromatic N) is 4. The number of benzene rings is 4. The van der Waals surface area contributed by atoms with Crippen LogP contribution in [0.2, 0.25) is 0 Å². The third kappa shape index (κ3) is 5.55. The average molecular weight is 589 g/mol. The Kier molecular flexibility index (Phi) is 7.56. The van der Waals surface area contributed by atoms with Crippen LogP contribution < -0.4 is 4.57 Å². The SMILES string of the molecule is CC(C)C[n+]1cc(-c2ccccc2)n2c3ccccc3n3c(-c4ccccc4)cnc3c21.Cc1ccc(S(=O)(=O)[O-])cc1. The number of aromatic nitrogens is 4. The Labute approximate surface area is 251 Å². The Morgan fingerprint density at radius 2 is 1.28 bits per heavy atom. The molecule has 0 aliphatic heterocycles. The van der Waals surface area contributed by atoms with E-state index in [9.17, 15) is 13.0 Å². The first-order chi connectivity index (χ1) is 20.7. The molecule has 0 spiro atoms. The van der Waals surface area contributed by atoms with Crippen molar-refractivity contribution in [3.05, 3.63) is 127 Å². The Morgan fingerprint density at radius 1 is 0.744 bits per heavy atom. The predicted octanol–water partition coefficient (Wildman–Crippen LogP) is 6.92. The number of fused-ring (bicyclic) bond motifs is 6. The van der Waals surface area contributed by atoms with Gasteiger partial charge in [0.1, 0.15) is 16.3 Å². The number of hydrogen-bond acceptors (Lipinski definition) is 4. The Morgan fingerprint density at radius 3 is 1.84 bits per heavy atom. The molecule has 0 N–H and O–H groups in total. The summed E-state index contributed by atoms with van der Waals surface area (Å²) in [6.45, 7) is 7.27. The lowest BCUT2D eigenvalue weighted by Crippen LogP contribution is -2.35. The fourth-order valence-corrected chi connectivity index (χ4v) is 5.91. The van der Waals surface area contributed by atoms with Gasteiger partial charge in [-0.1, -0.05) is 104 Å². The monoisotopic (exact) mass is 588 g/mol. The fourth-order valence-electron chi connectivity index (χ4n) is 5.44. The summed E-state index contributed by atoms with van der Waals surface area (Å²) in [5.41, 5.74) is 10.0. The molecule has 0 amide bonds. The van der Waals surface area contributed by atoms with Crippen molar-refractivity contribution in [1.82, 2.24) is 13.8 Å². The second-order valence-electron chi connectivity index (χ2n) is 11.0. The summed E-state index contributed by atoms with van der Waals surface area (Å²) in [5, 5.41) is 0. The van der Waals surface area contributed by atoms with Crippen LogP contribution in [0.15, 0.2) is 126 Å². The molecule has 0 fully saturated rings. The van der Waals surface area contributed by atoms with Gasteiger partial charge in [0.05, 0.1) is 28.8 Å². The van der Waals surface area contributed by atoms with Gasteiger partial charge in [-0.25, -0.2) is 18.0 Å². The van der Waals surface area contributed by atoms with E-state index in [4.69, 9.17) is 4.98 Å². The lowest BCUT2D eigenvalue weighted by molar-refractivity contribution is -0.675. The van der Waals surface area contributed by atoms with Crippen molar-refractivity contribution < 1.29 is 17.5 Å². The van der Waals surface area contributed by atoms with E-state index in [-0.39, 0.29) is 4.90 Å². The minimum absolute atomic E-state index is 0.178. The van der Waals surface area contributed by atoms with Crippen LogP contribution in [0.1, 0.15) is 19.4 Å². The van der Waals surface area contributed by atoms with Crippen LogP contribution in [0, 0.1) is 12.8 Å². The summed E-state index contributed by atoms with van der Waals surface area (Å²) in [7, 11) is -4.27. The molecule has 0 radical (unpaired) electrons. The molecule has 7 rings (SSSR count). The highest BCUT2D eigenvalue weighted by atomic mass is 32.2. The number of para-hydroxylation sites is 2. The van der Waals surface area contributed by atoms with E-state index in [2.05, 4.69) is 118 Å². The highest BCUT2D eigenvalue weighted by Gasteiger charge is 2.27. The molecule has 8 heteroatoms. The highest BCUT2D eigenvalue weighted by molar-refractivity contribution is 7.85. The summed E-state index contributed by atoms with van der Waals surface area (Å²) < 4.78 is 38.2. The van der Waals surface area contributed by atoms with E-state index in [1.165, 1.54) is 34.5 Å². The Hall–Kier alpha value is -4.79. The molecule has 0 unspecified atom stereocenters. The van der Waals surface area contributed by atoms with E-state index in [1.807, 2.05) is 13.1 Å². The molecule has 3 heterocycles. The van der Waals surface area contributed by atoms with Gasteiger partial charge in [-0.2, -0.15) is 4.40 Å². The maximum atomic E-state index is 10.4. The van der Waals surface area contributed by atoms with Crippen LogP contribution in [0.4, 0.5) is 0 Å². The lowest BCUT2D eigenvalue weighted by Gasteiger charge is -2.08. The largest absolute Gasteiger partial charge is 0.744 e. The van der Waals surface area contributed by atoms with Gasteiger partial charge >= 0.3 is 5.65 Å². The zero-order valence-electron chi connectivity index (χ0n) is 24.3. The van der Waals surface area contributed by atoms with E-state index in [0.717, 1.165) is 34.6 Å². The molecular weight excluding hydrogens is 556 g/mol. The second-order valence-corrected chi connectivity index (χ2v) is 12.4. The van der Waals surface area contributed by atoms with Gasteiger partial charge in [-0.15, -0.1) is 0 Å². The molecule has 3 aromatic heterocycles. The summed E-state index contributed by atoms with van der Waals surface area (Å²) >= 11 is 0. The van der Waals surface area contributed by atoms with Crippen LogP contribution in [0.5, 0.6) is 0 Å². The topological polar surface area (TPSA) is 82.8 Å². The molecular formula is C35H32N4O3S. The maximum Gasteiger partial charge on any atom is 0.331 e. The molecule has 0 bridgehead atoms. The van der Waals surface area contributed by atoms with Crippen molar-refractivity contribution in [1.29, 1.82) is 0 Å². The number of rotatable bonds is 5. The van der Waals surface area contributed by atoms with Crippen molar-refractivity contribution >= 4 is 32.4 Å². The van der Waals surface area contributed by atoms with Gasteiger partial charge in [0.15, 0.2) is 11.2 Å². The van der Waals surface area contributed by atoms with Crippen LogP contribution in [0.3, 0.4) is 0 Å². The number of hydrogen-bond donors (Lipinski definition) is 0. The van der Waals surface area contributed by atoms with E-state index >= 15 is 0 Å². The van der Waals surface area contributed by atoms with E-state index in [0.29, 0.717) is 5.92 Å². The third-order valence-electron chi connectivity index (χ3n) is 7.34. The molecule has 7 aromatic rings. The average Bonchev–Trinajstić information content (AvgIpc) is 3.61. The minimum atomic E-state index is -4.27. The highest BCUT2D eigenvalue weighted by Crippen LogP contribution is 2.31.